The predicted octanol–water partition coefficient (Wildman–Crippen LogP) is 2.93. The number of halogens is 1. The second kappa shape index (κ2) is 7.27. The normalized spacial score (nSPS) is 23.0. The molecule has 2 fully saturated rings. The Balaban J connectivity index is 1.77. The van der Waals surface area contributed by atoms with Crippen molar-refractivity contribution in [2.24, 2.45) is 0 Å². The third-order valence-electron chi connectivity index (χ3n) is 4.74. The second-order valence-electron chi connectivity index (χ2n) is 6.71. The molecule has 25 heavy (non-hydrogen) atoms. The highest BCUT2D eigenvalue weighted by Crippen LogP contribution is 2.34. The van der Waals surface area contributed by atoms with Crippen LogP contribution in [0, 0.1) is 10.8 Å². The summed E-state index contributed by atoms with van der Waals surface area (Å²) >= 11 is 2.43. The average molecular weight is 454 g/mol. The molecule has 0 aromatic carbocycles. The molecule has 3 rings (SSSR count). The number of alkyl halides is 1. The predicted molar refractivity (Wildman–Crippen MR) is 107 cm³/mol. The topological polar surface area (TPSA) is 87.4 Å². The highest BCUT2D eigenvalue weighted by Gasteiger charge is 2.40. The van der Waals surface area contributed by atoms with Crippen molar-refractivity contribution in [3.8, 4) is 0 Å². The number of carbonyl (C=O) groups excluding carboxylic acids is 1. The molecule has 1 aliphatic carbocycles. The van der Waals surface area contributed by atoms with E-state index in [-0.39, 0.29) is 17.9 Å². The molecule has 1 saturated carbocycles. The molecule has 0 unspecified atom stereocenters. The lowest BCUT2D eigenvalue weighted by atomic mass is 9.92. The maximum atomic E-state index is 12.7. The largest absolute Gasteiger partial charge is 0.326 e. The molecule has 1 aliphatic heterocycles. The number of hydrogen-bond donors (Lipinski definition) is 2. The molecule has 1 saturated heterocycles. The summed E-state index contributed by atoms with van der Waals surface area (Å²) in [4.78, 5) is 22.4. The Bertz CT molecular complexity index is 687. The number of pyridine rings is 1. The van der Waals surface area contributed by atoms with E-state index in [1.165, 1.54) is 0 Å². The van der Waals surface area contributed by atoms with Gasteiger partial charge < -0.3 is 9.80 Å². The minimum Gasteiger partial charge on any atom is -0.319 e. The van der Waals surface area contributed by atoms with Crippen LogP contribution >= 0.6 is 22.6 Å². The molecule has 134 valence electrons. The van der Waals surface area contributed by atoms with Crippen molar-refractivity contribution in [1.82, 2.24) is 14.8 Å². The van der Waals surface area contributed by atoms with Gasteiger partial charge in [0.25, 0.3) is 0 Å². The molecule has 0 spiro atoms. The van der Waals surface area contributed by atoms with Gasteiger partial charge in [-0.2, -0.15) is 0 Å². The molecular weight excluding hydrogens is 431 g/mol. The Kier molecular flexibility index (Phi) is 5.26. The molecule has 1 aromatic heterocycles. The Morgan fingerprint density at radius 1 is 1.40 bits per heavy atom. The van der Waals surface area contributed by atoms with Crippen LogP contribution in [0.5, 0.6) is 0 Å². The zero-order chi connectivity index (χ0) is 18.1. The van der Waals surface area contributed by atoms with Crippen LogP contribution in [0.3, 0.4) is 0 Å². The third-order valence-corrected chi connectivity index (χ3v) is 5.76. The number of carbonyl (C=O) groups is 1. The van der Waals surface area contributed by atoms with E-state index >= 15 is 0 Å². The zero-order valence-electron chi connectivity index (χ0n) is 14.4. The summed E-state index contributed by atoms with van der Waals surface area (Å²) in [5, 5.41) is 15.8. The third kappa shape index (κ3) is 3.49. The fourth-order valence-electron chi connectivity index (χ4n) is 3.19. The molecule has 1 aromatic rings. The van der Waals surface area contributed by atoms with E-state index < -0.39 is 0 Å². The molecule has 2 heterocycles. The number of nitrogens with one attached hydrogen (secondary N) is 2. The molecule has 0 radical (unpaired) electrons. The number of anilines is 1. The van der Waals surface area contributed by atoms with E-state index in [0.29, 0.717) is 28.0 Å². The van der Waals surface area contributed by atoms with Gasteiger partial charge in [0, 0.05) is 29.1 Å². The van der Waals surface area contributed by atoms with Gasteiger partial charge >= 0.3 is 6.03 Å². The van der Waals surface area contributed by atoms with Crippen molar-refractivity contribution >= 4 is 46.6 Å². The van der Waals surface area contributed by atoms with Crippen molar-refractivity contribution in [2.75, 3.05) is 18.0 Å². The fourth-order valence-corrected chi connectivity index (χ4v) is 4.36. The first-order valence-corrected chi connectivity index (χ1v) is 9.74. The standard InChI is InChI=1S/C17H23IN6O/c1-11(2)24(10-19)16(20)14-4-3-5-15(21-14)23-7-6-22(17(23)25)13-8-12(18)9-13/h3-5,10-13,19-20H,6-9H2,1-2H3/t12-,13-. The van der Waals surface area contributed by atoms with Gasteiger partial charge in [-0.15, -0.1) is 0 Å². The first kappa shape index (κ1) is 18.1. The molecule has 8 heteroatoms. The van der Waals surface area contributed by atoms with E-state index in [1.807, 2.05) is 30.9 Å². The highest BCUT2D eigenvalue weighted by atomic mass is 127. The lowest BCUT2D eigenvalue weighted by Gasteiger charge is -2.38. The van der Waals surface area contributed by atoms with E-state index in [0.717, 1.165) is 25.7 Å². The Morgan fingerprint density at radius 3 is 2.72 bits per heavy atom. The monoisotopic (exact) mass is 454 g/mol. The van der Waals surface area contributed by atoms with Gasteiger partial charge in [-0.25, -0.2) is 9.78 Å². The van der Waals surface area contributed by atoms with E-state index in [4.69, 9.17) is 10.8 Å². The molecule has 2 aliphatic rings. The average Bonchev–Trinajstić information content (AvgIpc) is 2.93. The minimum absolute atomic E-state index is 0.000736. The van der Waals surface area contributed by atoms with Crippen LogP contribution < -0.4 is 4.90 Å². The Hall–Kier alpha value is -1.71. The van der Waals surface area contributed by atoms with Gasteiger partial charge in [-0.3, -0.25) is 15.7 Å². The number of hydrogen-bond acceptors (Lipinski definition) is 4. The van der Waals surface area contributed by atoms with Crippen molar-refractivity contribution in [1.29, 1.82) is 10.8 Å². The zero-order valence-corrected chi connectivity index (χ0v) is 16.6. The van der Waals surface area contributed by atoms with E-state index in [2.05, 4.69) is 27.6 Å². The summed E-state index contributed by atoms with van der Waals surface area (Å²) in [6.07, 6.45) is 3.28. The van der Waals surface area contributed by atoms with Crippen LogP contribution in [0.25, 0.3) is 0 Å². The summed E-state index contributed by atoms with van der Waals surface area (Å²) in [6, 6.07) is 5.74. The minimum atomic E-state index is -0.000736. The lowest BCUT2D eigenvalue weighted by Crippen LogP contribution is -2.47. The van der Waals surface area contributed by atoms with Crippen LogP contribution in [0.15, 0.2) is 18.2 Å². The van der Waals surface area contributed by atoms with Crippen molar-refractivity contribution < 1.29 is 4.79 Å². The second-order valence-corrected chi connectivity index (χ2v) is 8.47. The number of aromatic nitrogens is 1. The summed E-state index contributed by atoms with van der Waals surface area (Å²) in [6.45, 7) is 5.20. The Labute approximate surface area is 161 Å². The first-order valence-electron chi connectivity index (χ1n) is 8.49. The van der Waals surface area contributed by atoms with Gasteiger partial charge in [0.05, 0.1) is 6.34 Å². The molecular formula is C17H23IN6O. The van der Waals surface area contributed by atoms with Crippen LogP contribution in [0.4, 0.5) is 10.6 Å². The quantitative estimate of drug-likeness (QED) is 0.311. The summed E-state index contributed by atoms with van der Waals surface area (Å²) in [7, 11) is 0. The number of amides is 2. The maximum absolute atomic E-state index is 12.7. The molecule has 0 atom stereocenters. The fraction of sp³-hybridized carbons (Fsp3) is 0.529. The molecule has 2 N–H and O–H groups in total. The van der Waals surface area contributed by atoms with E-state index in [9.17, 15) is 4.79 Å². The summed E-state index contributed by atoms with van der Waals surface area (Å²) < 4.78 is 0.675. The van der Waals surface area contributed by atoms with Gasteiger partial charge in [0.15, 0.2) is 5.84 Å². The number of urea groups is 1. The molecule has 2 amide bonds. The Morgan fingerprint density at radius 2 is 2.12 bits per heavy atom. The maximum Gasteiger partial charge on any atom is 0.326 e. The van der Waals surface area contributed by atoms with Crippen LogP contribution in [0.2, 0.25) is 0 Å². The van der Waals surface area contributed by atoms with Gasteiger partial charge in [0.1, 0.15) is 11.5 Å². The SMILES string of the molecule is CC(C)N(C=N)C(=N)c1cccc(N2CCN([C@H]3C[C@H](I)C3)C2=O)n1. The van der Waals surface area contributed by atoms with Crippen LogP contribution in [0.1, 0.15) is 32.4 Å². The smallest absolute Gasteiger partial charge is 0.319 e. The van der Waals surface area contributed by atoms with Crippen LogP contribution in [-0.4, -0.2) is 62.1 Å². The lowest BCUT2D eigenvalue weighted by molar-refractivity contribution is 0.170. The van der Waals surface area contributed by atoms with Crippen LogP contribution in [-0.2, 0) is 0 Å². The van der Waals surface area contributed by atoms with Crippen molar-refractivity contribution in [2.45, 2.75) is 42.7 Å². The highest BCUT2D eigenvalue weighted by molar-refractivity contribution is 14.1. The molecule has 0 bridgehead atoms. The van der Waals surface area contributed by atoms with Gasteiger partial charge in [-0.1, -0.05) is 28.7 Å². The molecule has 7 nitrogen and oxygen atoms in total. The van der Waals surface area contributed by atoms with Gasteiger partial charge in [0.2, 0.25) is 0 Å². The number of nitrogens with zero attached hydrogens (tertiary/aromatic N) is 4. The van der Waals surface area contributed by atoms with Crippen molar-refractivity contribution in [3.05, 3.63) is 23.9 Å². The summed E-state index contributed by atoms with van der Waals surface area (Å²) in [5.41, 5.74) is 0.469. The first-order chi connectivity index (χ1) is 11.9. The van der Waals surface area contributed by atoms with E-state index in [1.54, 1.807) is 15.9 Å². The number of amidine groups is 1. The number of rotatable bonds is 5. The van der Waals surface area contributed by atoms with Crippen molar-refractivity contribution in [3.63, 3.8) is 0 Å². The summed E-state index contributed by atoms with van der Waals surface area (Å²) in [5.74, 6) is 0.746. The van der Waals surface area contributed by atoms with Gasteiger partial charge in [-0.05, 0) is 38.8 Å².